The number of anilines is 1. The molecule has 0 spiro atoms. The van der Waals surface area contributed by atoms with Crippen molar-refractivity contribution in [2.75, 3.05) is 12.4 Å². The molecule has 9 heteroatoms. The molecule has 0 saturated carbocycles. The van der Waals surface area contributed by atoms with Crippen molar-refractivity contribution in [2.24, 2.45) is 7.05 Å². The summed E-state index contributed by atoms with van der Waals surface area (Å²) in [5.74, 6) is 3.25. The molecule has 0 saturated heterocycles. The van der Waals surface area contributed by atoms with Crippen molar-refractivity contribution in [3.05, 3.63) is 72.6 Å². The van der Waals surface area contributed by atoms with Crippen molar-refractivity contribution in [3.63, 3.8) is 0 Å². The molecule has 33 heavy (non-hydrogen) atoms. The molecule has 0 aliphatic carbocycles. The Morgan fingerprint density at radius 3 is 2.55 bits per heavy atom. The van der Waals surface area contributed by atoms with Crippen LogP contribution in [0.1, 0.15) is 24.6 Å². The Morgan fingerprint density at radius 2 is 1.85 bits per heavy atom. The van der Waals surface area contributed by atoms with Gasteiger partial charge in [0.2, 0.25) is 17.6 Å². The number of carbonyl (C=O) groups excluding carboxylic acids is 1. The zero-order valence-corrected chi connectivity index (χ0v) is 18.5. The number of nitrogens with zero attached hydrogens (tertiary/aromatic N) is 4. The number of aryl methyl sites for hydroxylation is 2. The lowest BCUT2D eigenvalue weighted by Gasteiger charge is -2.08. The summed E-state index contributed by atoms with van der Waals surface area (Å²) in [6.45, 7) is 0.380. The van der Waals surface area contributed by atoms with Crippen LogP contribution in [0.15, 0.2) is 65.4 Å². The number of amides is 1. The third-order valence-electron chi connectivity index (χ3n) is 5.04. The molecule has 2 heterocycles. The number of imidazole rings is 1. The molecule has 0 bridgehead atoms. The van der Waals surface area contributed by atoms with Gasteiger partial charge in [-0.3, -0.25) is 4.79 Å². The van der Waals surface area contributed by atoms with E-state index in [1.807, 2.05) is 66.3 Å². The molecule has 9 nitrogen and oxygen atoms in total. The van der Waals surface area contributed by atoms with Crippen LogP contribution in [0.25, 0.3) is 11.4 Å². The number of aromatic nitrogens is 4. The van der Waals surface area contributed by atoms with Gasteiger partial charge in [0, 0.05) is 43.5 Å². The van der Waals surface area contributed by atoms with Gasteiger partial charge in [0.25, 0.3) is 0 Å². The Bertz CT molecular complexity index is 1180. The molecule has 1 N–H and O–H groups in total. The minimum absolute atomic E-state index is 0.0772. The molecule has 2 aromatic carbocycles. The summed E-state index contributed by atoms with van der Waals surface area (Å²) in [6.07, 6.45) is 5.07. The van der Waals surface area contributed by atoms with E-state index >= 15 is 0 Å². The molecule has 0 aliphatic rings. The first kappa shape index (κ1) is 22.1. The van der Waals surface area contributed by atoms with Crippen LogP contribution in [-0.4, -0.2) is 32.7 Å². The Morgan fingerprint density at radius 1 is 1.09 bits per heavy atom. The Hall–Kier alpha value is -4.14. The van der Waals surface area contributed by atoms with E-state index in [0.29, 0.717) is 49.0 Å². The standard InChI is InChI=1S/C24H25N5O4/c1-29-15-14-25-21(29)16-32-20-12-8-18(9-13-20)26-22(30)4-3-5-23-27-24(28-33-23)17-6-10-19(31-2)11-7-17/h6-15H,3-5,16H2,1-2H3,(H,26,30). The normalized spacial score (nSPS) is 10.7. The number of carbonyl (C=O) groups is 1. The van der Waals surface area contributed by atoms with Crippen LogP contribution in [0.5, 0.6) is 11.5 Å². The number of methoxy groups -OCH3 is 1. The number of benzene rings is 2. The number of nitrogens with one attached hydrogen (secondary N) is 1. The third-order valence-corrected chi connectivity index (χ3v) is 5.04. The monoisotopic (exact) mass is 447 g/mol. The molecule has 0 unspecified atom stereocenters. The fourth-order valence-electron chi connectivity index (χ4n) is 3.16. The van der Waals surface area contributed by atoms with E-state index in [0.717, 1.165) is 17.1 Å². The highest BCUT2D eigenvalue weighted by atomic mass is 16.5. The summed E-state index contributed by atoms with van der Waals surface area (Å²) in [5, 5.41) is 6.89. The van der Waals surface area contributed by atoms with Crippen LogP contribution in [0, 0.1) is 0 Å². The van der Waals surface area contributed by atoms with E-state index in [1.54, 1.807) is 13.3 Å². The average molecular weight is 447 g/mol. The lowest BCUT2D eigenvalue weighted by molar-refractivity contribution is -0.116. The van der Waals surface area contributed by atoms with Crippen LogP contribution in [-0.2, 0) is 24.9 Å². The molecule has 4 aromatic rings. The first-order valence-electron chi connectivity index (χ1n) is 10.6. The molecule has 0 radical (unpaired) electrons. The van der Waals surface area contributed by atoms with E-state index in [4.69, 9.17) is 14.0 Å². The maximum Gasteiger partial charge on any atom is 0.226 e. The quantitative estimate of drug-likeness (QED) is 0.391. The minimum atomic E-state index is -0.0772. The topological polar surface area (TPSA) is 104 Å². The predicted octanol–water partition coefficient (Wildman–Crippen LogP) is 4.02. The van der Waals surface area contributed by atoms with E-state index in [2.05, 4.69) is 20.4 Å². The zero-order chi connectivity index (χ0) is 23.0. The molecule has 1 amide bonds. The molecular weight excluding hydrogens is 422 g/mol. The molecule has 0 fully saturated rings. The van der Waals surface area contributed by atoms with Crippen LogP contribution in [0.2, 0.25) is 0 Å². The summed E-state index contributed by atoms with van der Waals surface area (Å²) < 4.78 is 18.1. The van der Waals surface area contributed by atoms with Gasteiger partial charge in [-0.15, -0.1) is 0 Å². The minimum Gasteiger partial charge on any atom is -0.497 e. The van der Waals surface area contributed by atoms with Crippen molar-refractivity contribution in [1.82, 2.24) is 19.7 Å². The van der Waals surface area contributed by atoms with Crippen LogP contribution < -0.4 is 14.8 Å². The second-order valence-electron chi connectivity index (χ2n) is 7.41. The van der Waals surface area contributed by atoms with Crippen molar-refractivity contribution >= 4 is 11.6 Å². The van der Waals surface area contributed by atoms with Crippen LogP contribution in [0.3, 0.4) is 0 Å². The van der Waals surface area contributed by atoms with Crippen molar-refractivity contribution in [3.8, 4) is 22.9 Å². The van der Waals surface area contributed by atoms with Crippen molar-refractivity contribution in [1.29, 1.82) is 0 Å². The molecule has 0 aliphatic heterocycles. The van der Waals surface area contributed by atoms with Crippen molar-refractivity contribution < 1.29 is 18.8 Å². The predicted molar refractivity (Wildman–Crippen MR) is 122 cm³/mol. The Balaban J connectivity index is 1.20. The molecule has 2 aromatic heterocycles. The zero-order valence-electron chi connectivity index (χ0n) is 18.5. The highest BCUT2D eigenvalue weighted by Crippen LogP contribution is 2.20. The fraction of sp³-hybridized carbons (Fsp3) is 0.250. The van der Waals surface area contributed by atoms with Gasteiger partial charge in [0.15, 0.2) is 0 Å². The largest absolute Gasteiger partial charge is 0.497 e. The van der Waals surface area contributed by atoms with Gasteiger partial charge in [-0.25, -0.2) is 4.98 Å². The summed E-state index contributed by atoms with van der Waals surface area (Å²) in [6, 6.07) is 14.7. The lowest BCUT2D eigenvalue weighted by atomic mass is 10.2. The first-order chi connectivity index (χ1) is 16.1. The van der Waals surface area contributed by atoms with Gasteiger partial charge in [0.05, 0.1) is 7.11 Å². The number of hydrogen-bond donors (Lipinski definition) is 1. The van der Waals surface area contributed by atoms with E-state index < -0.39 is 0 Å². The van der Waals surface area contributed by atoms with Gasteiger partial charge in [0.1, 0.15) is 23.9 Å². The van der Waals surface area contributed by atoms with E-state index in [-0.39, 0.29) is 5.91 Å². The summed E-state index contributed by atoms with van der Waals surface area (Å²) >= 11 is 0. The van der Waals surface area contributed by atoms with Crippen LogP contribution >= 0.6 is 0 Å². The highest BCUT2D eigenvalue weighted by molar-refractivity contribution is 5.90. The van der Waals surface area contributed by atoms with Gasteiger partial charge in [-0.1, -0.05) is 5.16 Å². The SMILES string of the molecule is COc1ccc(-c2noc(CCCC(=O)Nc3ccc(OCc4nccn4C)cc3)n2)cc1. The van der Waals surface area contributed by atoms with Crippen molar-refractivity contribution in [2.45, 2.75) is 25.9 Å². The maximum absolute atomic E-state index is 12.3. The Kier molecular flexibility index (Phi) is 6.99. The Labute approximate surface area is 191 Å². The van der Waals surface area contributed by atoms with Gasteiger partial charge in [-0.05, 0) is 55.0 Å². The molecular formula is C24H25N5O4. The summed E-state index contributed by atoms with van der Waals surface area (Å²) in [5.41, 5.74) is 1.56. The molecule has 4 rings (SSSR count). The summed E-state index contributed by atoms with van der Waals surface area (Å²) in [4.78, 5) is 20.9. The maximum atomic E-state index is 12.3. The van der Waals surface area contributed by atoms with Crippen LogP contribution in [0.4, 0.5) is 5.69 Å². The smallest absolute Gasteiger partial charge is 0.226 e. The molecule has 0 atom stereocenters. The summed E-state index contributed by atoms with van der Waals surface area (Å²) in [7, 11) is 3.54. The number of hydrogen-bond acceptors (Lipinski definition) is 7. The van der Waals surface area contributed by atoms with Gasteiger partial charge in [-0.2, -0.15) is 4.98 Å². The fourth-order valence-corrected chi connectivity index (χ4v) is 3.16. The number of rotatable bonds is 10. The lowest BCUT2D eigenvalue weighted by Crippen LogP contribution is -2.11. The van der Waals surface area contributed by atoms with Gasteiger partial charge >= 0.3 is 0 Å². The van der Waals surface area contributed by atoms with E-state index in [1.165, 1.54) is 0 Å². The number of ether oxygens (including phenoxy) is 2. The molecule has 170 valence electrons. The highest BCUT2D eigenvalue weighted by Gasteiger charge is 2.10. The second-order valence-corrected chi connectivity index (χ2v) is 7.41. The van der Waals surface area contributed by atoms with Gasteiger partial charge < -0.3 is 23.9 Å². The first-order valence-corrected chi connectivity index (χ1v) is 10.6. The second kappa shape index (κ2) is 10.4. The van der Waals surface area contributed by atoms with E-state index in [9.17, 15) is 4.79 Å². The average Bonchev–Trinajstić information content (AvgIpc) is 3.47. The third kappa shape index (κ3) is 5.97.